The zero-order chi connectivity index (χ0) is 26.1. The average Bonchev–Trinajstić information content (AvgIpc) is 3.29. The van der Waals surface area contributed by atoms with Gasteiger partial charge in [-0.3, -0.25) is 10.8 Å². The summed E-state index contributed by atoms with van der Waals surface area (Å²) in [6.45, 7) is 7.77. The number of hydrogen-bond donors (Lipinski definition) is 2. The third-order valence-corrected chi connectivity index (χ3v) is 6.97. The summed E-state index contributed by atoms with van der Waals surface area (Å²) in [6, 6.07) is 11.9. The zero-order valence-electron chi connectivity index (χ0n) is 21.6. The third-order valence-electron chi connectivity index (χ3n) is 6.97. The second-order valence-electron chi connectivity index (χ2n) is 9.75. The van der Waals surface area contributed by atoms with Crippen LogP contribution in [0.1, 0.15) is 47.0 Å². The molecule has 0 spiro atoms. The SMILES string of the molecule is Cc1cc(-c2n[nH]c3ccc(O[C@H](N)c4c(C)cnnc4C)cc23)cc(C#N)c1OC1CCN(C)CC1. The van der Waals surface area contributed by atoms with Gasteiger partial charge < -0.3 is 14.4 Å². The van der Waals surface area contributed by atoms with Crippen LogP contribution in [0.4, 0.5) is 0 Å². The molecule has 2 aromatic carbocycles. The van der Waals surface area contributed by atoms with Crippen LogP contribution in [0.3, 0.4) is 0 Å². The van der Waals surface area contributed by atoms with E-state index in [1.807, 2.05) is 51.1 Å². The maximum atomic E-state index is 9.94. The molecule has 0 saturated carbocycles. The zero-order valence-corrected chi connectivity index (χ0v) is 21.6. The number of nitrogens with two attached hydrogens (primary N) is 1. The summed E-state index contributed by atoms with van der Waals surface area (Å²) in [4.78, 5) is 2.30. The molecule has 2 aromatic heterocycles. The minimum atomic E-state index is -0.688. The quantitative estimate of drug-likeness (QED) is 0.377. The molecule has 1 fully saturated rings. The molecule has 0 amide bonds. The number of H-pyrrole nitrogens is 1. The van der Waals surface area contributed by atoms with Crippen molar-refractivity contribution in [3.63, 3.8) is 0 Å². The molecule has 1 aliphatic heterocycles. The number of fused-ring (bicyclic) bond motifs is 1. The normalized spacial score (nSPS) is 15.5. The number of aromatic nitrogens is 4. The molecule has 0 unspecified atom stereocenters. The third kappa shape index (κ3) is 4.99. The predicted octanol–water partition coefficient (Wildman–Crippen LogP) is 4.33. The van der Waals surface area contributed by atoms with E-state index in [0.29, 0.717) is 17.1 Å². The Balaban J connectivity index is 1.45. The van der Waals surface area contributed by atoms with Gasteiger partial charge in [-0.2, -0.15) is 20.6 Å². The highest BCUT2D eigenvalue weighted by atomic mass is 16.5. The number of likely N-dealkylation sites (tertiary alicyclic amines) is 1. The molecule has 9 nitrogen and oxygen atoms in total. The molecular weight excluding hydrogens is 466 g/mol. The van der Waals surface area contributed by atoms with Crippen molar-refractivity contribution in [1.82, 2.24) is 25.3 Å². The van der Waals surface area contributed by atoms with E-state index >= 15 is 0 Å². The second kappa shape index (κ2) is 10.2. The van der Waals surface area contributed by atoms with E-state index in [-0.39, 0.29) is 6.10 Å². The summed E-state index contributed by atoms with van der Waals surface area (Å²) in [6.07, 6.45) is 3.01. The maximum absolute atomic E-state index is 9.94. The van der Waals surface area contributed by atoms with Crippen molar-refractivity contribution in [2.75, 3.05) is 20.1 Å². The Morgan fingerprint density at radius 3 is 2.65 bits per heavy atom. The van der Waals surface area contributed by atoms with E-state index in [0.717, 1.165) is 70.5 Å². The van der Waals surface area contributed by atoms with Crippen molar-refractivity contribution in [2.24, 2.45) is 5.73 Å². The van der Waals surface area contributed by atoms with Gasteiger partial charge in [0.15, 0.2) is 6.23 Å². The molecule has 3 N–H and O–H groups in total. The number of aromatic amines is 1. The van der Waals surface area contributed by atoms with Crippen molar-refractivity contribution in [3.8, 4) is 28.8 Å². The fourth-order valence-electron chi connectivity index (χ4n) is 4.95. The van der Waals surface area contributed by atoms with Crippen LogP contribution in [-0.2, 0) is 0 Å². The van der Waals surface area contributed by atoms with Gasteiger partial charge in [-0.25, -0.2) is 0 Å². The van der Waals surface area contributed by atoms with Crippen LogP contribution < -0.4 is 15.2 Å². The van der Waals surface area contributed by atoms with Gasteiger partial charge in [-0.15, -0.1) is 0 Å². The molecule has 5 rings (SSSR count). The minimum absolute atomic E-state index is 0.117. The molecule has 9 heteroatoms. The van der Waals surface area contributed by atoms with Gasteiger partial charge >= 0.3 is 0 Å². The van der Waals surface area contributed by atoms with E-state index in [4.69, 9.17) is 15.2 Å². The van der Waals surface area contributed by atoms with Gasteiger partial charge in [-0.05, 0) is 82.1 Å². The van der Waals surface area contributed by atoms with E-state index < -0.39 is 6.23 Å². The number of hydrogen-bond acceptors (Lipinski definition) is 8. The smallest absolute Gasteiger partial charge is 0.176 e. The van der Waals surface area contributed by atoms with Crippen molar-refractivity contribution < 1.29 is 9.47 Å². The van der Waals surface area contributed by atoms with Crippen LogP contribution >= 0.6 is 0 Å². The second-order valence-corrected chi connectivity index (χ2v) is 9.75. The molecule has 0 radical (unpaired) electrons. The van der Waals surface area contributed by atoms with Crippen LogP contribution in [0, 0.1) is 32.1 Å². The lowest BCUT2D eigenvalue weighted by molar-refractivity contribution is 0.113. The molecule has 37 heavy (non-hydrogen) atoms. The molecule has 1 aliphatic rings. The largest absolute Gasteiger partial charge is 0.489 e. The lowest BCUT2D eigenvalue weighted by Gasteiger charge is -2.30. The molecular formula is C28H31N7O2. The molecule has 1 saturated heterocycles. The van der Waals surface area contributed by atoms with Gasteiger partial charge in [0.05, 0.1) is 23.0 Å². The highest BCUT2D eigenvalue weighted by Crippen LogP contribution is 2.35. The van der Waals surface area contributed by atoms with E-state index in [1.165, 1.54) is 0 Å². The number of ether oxygens (including phenoxy) is 2. The van der Waals surface area contributed by atoms with Crippen LogP contribution in [0.15, 0.2) is 36.5 Å². The van der Waals surface area contributed by atoms with Crippen LogP contribution in [0.25, 0.3) is 22.2 Å². The van der Waals surface area contributed by atoms with Gasteiger partial charge in [0.2, 0.25) is 0 Å². The maximum Gasteiger partial charge on any atom is 0.176 e. The first-order valence-electron chi connectivity index (χ1n) is 12.4. The summed E-state index contributed by atoms with van der Waals surface area (Å²) in [5.41, 5.74) is 12.7. The average molecular weight is 498 g/mol. The number of nitrogens with one attached hydrogen (secondary N) is 1. The van der Waals surface area contributed by atoms with Gasteiger partial charge in [-0.1, -0.05) is 0 Å². The first-order valence-corrected chi connectivity index (χ1v) is 12.4. The van der Waals surface area contributed by atoms with E-state index in [2.05, 4.69) is 38.4 Å². The van der Waals surface area contributed by atoms with Gasteiger partial charge in [0.25, 0.3) is 0 Å². The number of nitrogens with zero attached hydrogens (tertiary/aromatic N) is 5. The number of nitriles is 1. The van der Waals surface area contributed by atoms with Crippen LogP contribution in [0.2, 0.25) is 0 Å². The Morgan fingerprint density at radius 2 is 1.92 bits per heavy atom. The summed E-state index contributed by atoms with van der Waals surface area (Å²) in [7, 11) is 2.12. The first kappa shape index (κ1) is 24.7. The highest BCUT2D eigenvalue weighted by molar-refractivity contribution is 5.94. The number of benzene rings is 2. The molecule has 4 aromatic rings. The van der Waals surface area contributed by atoms with Gasteiger partial charge in [0, 0.05) is 29.6 Å². The Hall–Kier alpha value is -4.00. The fraction of sp³-hybridized carbons (Fsp3) is 0.357. The van der Waals surface area contributed by atoms with Crippen molar-refractivity contribution in [2.45, 2.75) is 45.9 Å². The highest BCUT2D eigenvalue weighted by Gasteiger charge is 2.22. The summed E-state index contributed by atoms with van der Waals surface area (Å²) >= 11 is 0. The van der Waals surface area contributed by atoms with Crippen LogP contribution in [0.5, 0.6) is 11.5 Å². The predicted molar refractivity (Wildman–Crippen MR) is 141 cm³/mol. The Labute approximate surface area is 216 Å². The summed E-state index contributed by atoms with van der Waals surface area (Å²) in [5.74, 6) is 1.27. The Kier molecular flexibility index (Phi) is 6.78. The van der Waals surface area contributed by atoms with Crippen molar-refractivity contribution >= 4 is 10.9 Å². The molecule has 0 aliphatic carbocycles. The van der Waals surface area contributed by atoms with Gasteiger partial charge in [0.1, 0.15) is 29.4 Å². The Morgan fingerprint density at radius 1 is 1.14 bits per heavy atom. The fourth-order valence-corrected chi connectivity index (χ4v) is 4.95. The van der Waals surface area contributed by atoms with Crippen molar-refractivity contribution in [3.05, 3.63) is 64.5 Å². The molecule has 1 atom stereocenters. The lowest BCUT2D eigenvalue weighted by Crippen LogP contribution is -2.35. The lowest BCUT2D eigenvalue weighted by atomic mass is 10.0. The Bertz CT molecular complexity index is 1460. The van der Waals surface area contributed by atoms with E-state index in [1.54, 1.807) is 6.20 Å². The monoisotopic (exact) mass is 497 g/mol. The van der Waals surface area contributed by atoms with Crippen molar-refractivity contribution in [1.29, 1.82) is 5.26 Å². The van der Waals surface area contributed by atoms with E-state index in [9.17, 15) is 5.26 Å². The summed E-state index contributed by atoms with van der Waals surface area (Å²) < 4.78 is 12.4. The number of piperidine rings is 1. The minimum Gasteiger partial charge on any atom is -0.489 e. The van der Waals surface area contributed by atoms with Crippen LogP contribution in [-0.4, -0.2) is 51.5 Å². The topological polar surface area (TPSA) is 126 Å². The molecule has 190 valence electrons. The summed E-state index contributed by atoms with van der Waals surface area (Å²) in [5, 5.41) is 26.5. The molecule has 3 heterocycles. The standard InChI is InChI=1S/C28H31N7O2/c1-16-11-19(12-20(14-29)27(16)36-21-7-9-35(4)10-8-21)26-23-13-22(5-6-24(23)33-34-26)37-28(30)25-17(2)15-31-32-18(25)3/h5-6,11-13,15,21,28H,7-10,30H2,1-4H3,(H,33,34)/t28-/m0/s1. The number of aryl methyl sites for hydroxylation is 3. The first-order chi connectivity index (χ1) is 17.8. The molecule has 0 bridgehead atoms. The number of rotatable bonds is 6.